The Labute approximate surface area is 119 Å². The zero-order chi connectivity index (χ0) is 13.8. The van der Waals surface area contributed by atoms with Crippen molar-refractivity contribution in [3.63, 3.8) is 0 Å². The molecule has 1 N–H and O–H groups in total. The first-order valence-corrected chi connectivity index (χ1v) is 6.67. The maximum Gasteiger partial charge on any atom is 0.307 e. The van der Waals surface area contributed by atoms with E-state index in [0.29, 0.717) is 10.6 Å². The Kier molecular flexibility index (Phi) is 4.45. The summed E-state index contributed by atoms with van der Waals surface area (Å²) < 4.78 is 12.8. The van der Waals surface area contributed by atoms with Crippen LogP contribution >= 0.6 is 23.4 Å². The van der Waals surface area contributed by atoms with E-state index in [-0.39, 0.29) is 12.2 Å². The monoisotopic (exact) mass is 296 g/mol. The number of aliphatic carboxylic acids is 1. The lowest BCUT2D eigenvalue weighted by Gasteiger charge is -2.08. The van der Waals surface area contributed by atoms with E-state index >= 15 is 0 Å². The van der Waals surface area contributed by atoms with Gasteiger partial charge in [-0.15, -0.1) is 0 Å². The van der Waals surface area contributed by atoms with E-state index in [9.17, 15) is 9.18 Å². The van der Waals surface area contributed by atoms with Crippen molar-refractivity contribution in [2.24, 2.45) is 0 Å². The van der Waals surface area contributed by atoms with Crippen molar-refractivity contribution >= 4 is 29.3 Å². The maximum absolute atomic E-state index is 12.8. The van der Waals surface area contributed by atoms with Crippen LogP contribution < -0.4 is 0 Å². The SMILES string of the molecule is O=C(O)Cc1cc(Cl)ccc1Sc1ccc(F)cc1. The second kappa shape index (κ2) is 6.08. The molecule has 0 amide bonds. The van der Waals surface area contributed by atoms with Crippen molar-refractivity contribution < 1.29 is 14.3 Å². The molecule has 0 spiro atoms. The Morgan fingerprint density at radius 3 is 2.53 bits per heavy atom. The van der Waals surface area contributed by atoms with Gasteiger partial charge in [0.1, 0.15) is 5.82 Å². The number of carbonyl (C=O) groups is 1. The molecule has 0 saturated heterocycles. The molecule has 0 fully saturated rings. The van der Waals surface area contributed by atoms with Crippen molar-refractivity contribution in [3.8, 4) is 0 Å². The first-order chi connectivity index (χ1) is 9.04. The van der Waals surface area contributed by atoms with Crippen LogP contribution in [0.5, 0.6) is 0 Å². The highest BCUT2D eigenvalue weighted by molar-refractivity contribution is 7.99. The molecule has 0 aliphatic rings. The highest BCUT2D eigenvalue weighted by Gasteiger charge is 2.09. The van der Waals surface area contributed by atoms with Crippen molar-refractivity contribution in [1.82, 2.24) is 0 Å². The molecule has 2 aromatic carbocycles. The van der Waals surface area contributed by atoms with E-state index in [0.717, 1.165) is 9.79 Å². The van der Waals surface area contributed by atoms with Gasteiger partial charge < -0.3 is 5.11 Å². The molecule has 0 saturated carbocycles. The first kappa shape index (κ1) is 13.9. The van der Waals surface area contributed by atoms with Crippen molar-refractivity contribution in [1.29, 1.82) is 0 Å². The zero-order valence-electron chi connectivity index (χ0n) is 9.77. The van der Waals surface area contributed by atoms with E-state index < -0.39 is 5.97 Å². The van der Waals surface area contributed by atoms with Crippen LogP contribution in [0.15, 0.2) is 52.3 Å². The molecular formula is C14H10ClFO2S. The molecule has 19 heavy (non-hydrogen) atoms. The van der Waals surface area contributed by atoms with Gasteiger partial charge in [-0.25, -0.2) is 4.39 Å². The summed E-state index contributed by atoms with van der Waals surface area (Å²) in [6.45, 7) is 0. The molecule has 0 atom stereocenters. The largest absolute Gasteiger partial charge is 0.481 e. The predicted molar refractivity (Wildman–Crippen MR) is 73.3 cm³/mol. The van der Waals surface area contributed by atoms with E-state index in [1.165, 1.54) is 23.9 Å². The summed E-state index contributed by atoms with van der Waals surface area (Å²) in [6.07, 6.45) is -0.0932. The average molecular weight is 297 g/mol. The molecular weight excluding hydrogens is 287 g/mol. The molecule has 0 heterocycles. The van der Waals surface area contributed by atoms with Gasteiger partial charge in [0.15, 0.2) is 0 Å². The van der Waals surface area contributed by atoms with Crippen molar-refractivity contribution in [2.45, 2.75) is 16.2 Å². The number of hydrogen-bond acceptors (Lipinski definition) is 2. The summed E-state index contributed by atoms with van der Waals surface area (Å²) in [4.78, 5) is 12.5. The Balaban J connectivity index is 2.28. The summed E-state index contributed by atoms with van der Waals surface area (Å²) in [5, 5.41) is 9.38. The van der Waals surface area contributed by atoms with E-state index in [4.69, 9.17) is 16.7 Å². The molecule has 98 valence electrons. The van der Waals surface area contributed by atoms with Crippen molar-refractivity contribution in [2.75, 3.05) is 0 Å². The van der Waals surface area contributed by atoms with Crippen LogP contribution in [0, 0.1) is 5.82 Å². The molecule has 2 rings (SSSR count). The van der Waals surface area contributed by atoms with Gasteiger partial charge in [-0.1, -0.05) is 23.4 Å². The molecule has 2 nitrogen and oxygen atoms in total. The van der Waals surface area contributed by atoms with Gasteiger partial charge in [0, 0.05) is 14.8 Å². The summed E-state index contributed by atoms with van der Waals surface area (Å²) in [5.41, 5.74) is 0.648. The van der Waals surface area contributed by atoms with Gasteiger partial charge in [0.25, 0.3) is 0 Å². The third kappa shape index (κ3) is 3.98. The molecule has 0 aromatic heterocycles. The van der Waals surface area contributed by atoms with E-state index in [1.807, 2.05) is 0 Å². The normalized spacial score (nSPS) is 10.4. The van der Waals surface area contributed by atoms with Crippen molar-refractivity contribution in [3.05, 3.63) is 58.9 Å². The topological polar surface area (TPSA) is 37.3 Å². The minimum atomic E-state index is -0.914. The highest BCUT2D eigenvalue weighted by Crippen LogP contribution is 2.32. The summed E-state index contributed by atoms with van der Waals surface area (Å²) in [7, 11) is 0. The Hall–Kier alpha value is -1.52. The predicted octanol–water partition coefficient (Wildman–Crippen LogP) is 4.26. The van der Waals surface area contributed by atoms with Gasteiger partial charge in [-0.05, 0) is 48.0 Å². The lowest BCUT2D eigenvalue weighted by atomic mass is 10.1. The van der Waals surface area contributed by atoms with Crippen LogP contribution in [-0.4, -0.2) is 11.1 Å². The minimum absolute atomic E-state index is 0.0932. The fraction of sp³-hybridized carbons (Fsp3) is 0.0714. The number of hydrogen-bond donors (Lipinski definition) is 1. The number of carboxylic acid groups (broad SMARTS) is 1. The van der Waals surface area contributed by atoms with Gasteiger partial charge in [0.2, 0.25) is 0 Å². The highest BCUT2D eigenvalue weighted by atomic mass is 35.5. The number of carboxylic acids is 1. The van der Waals surface area contributed by atoms with Gasteiger partial charge in [-0.3, -0.25) is 4.79 Å². The third-order valence-electron chi connectivity index (χ3n) is 2.41. The van der Waals surface area contributed by atoms with E-state index in [2.05, 4.69) is 0 Å². The van der Waals surface area contributed by atoms with Crippen LogP contribution in [-0.2, 0) is 11.2 Å². The summed E-state index contributed by atoms with van der Waals surface area (Å²) in [6, 6.07) is 11.2. The van der Waals surface area contributed by atoms with Gasteiger partial charge in [-0.2, -0.15) is 0 Å². The smallest absolute Gasteiger partial charge is 0.307 e. The molecule has 2 aromatic rings. The summed E-state index contributed by atoms with van der Waals surface area (Å²) in [5.74, 6) is -1.21. The maximum atomic E-state index is 12.8. The molecule has 0 radical (unpaired) electrons. The second-order valence-corrected chi connectivity index (χ2v) is 5.43. The average Bonchev–Trinajstić information content (AvgIpc) is 2.34. The molecule has 0 aliphatic carbocycles. The van der Waals surface area contributed by atoms with Gasteiger partial charge >= 0.3 is 5.97 Å². The standard InChI is InChI=1S/C14H10ClFO2S/c15-10-1-6-13(9(7-10)8-14(17)18)19-12-4-2-11(16)3-5-12/h1-7H,8H2,(H,17,18). The van der Waals surface area contributed by atoms with Crippen LogP contribution in [0.4, 0.5) is 4.39 Å². The number of halogens is 2. The first-order valence-electron chi connectivity index (χ1n) is 5.48. The molecule has 0 aliphatic heterocycles. The molecule has 0 bridgehead atoms. The minimum Gasteiger partial charge on any atom is -0.481 e. The van der Waals surface area contributed by atoms with Crippen LogP contribution in [0.1, 0.15) is 5.56 Å². The molecule has 5 heteroatoms. The Morgan fingerprint density at radius 2 is 1.89 bits per heavy atom. The lowest BCUT2D eigenvalue weighted by Crippen LogP contribution is -2.01. The molecule has 0 unspecified atom stereocenters. The second-order valence-electron chi connectivity index (χ2n) is 3.88. The fourth-order valence-corrected chi connectivity index (χ4v) is 2.70. The number of benzene rings is 2. The van der Waals surface area contributed by atoms with Crippen LogP contribution in [0.3, 0.4) is 0 Å². The number of rotatable bonds is 4. The summed E-state index contributed by atoms with van der Waals surface area (Å²) >= 11 is 7.26. The van der Waals surface area contributed by atoms with Crippen LogP contribution in [0.25, 0.3) is 0 Å². The fourth-order valence-electron chi connectivity index (χ4n) is 1.58. The van der Waals surface area contributed by atoms with Gasteiger partial charge in [0.05, 0.1) is 6.42 Å². The zero-order valence-corrected chi connectivity index (χ0v) is 11.3. The van der Waals surface area contributed by atoms with E-state index in [1.54, 1.807) is 30.3 Å². The Bertz CT molecular complexity index is 599. The quantitative estimate of drug-likeness (QED) is 0.916. The van der Waals surface area contributed by atoms with Crippen LogP contribution in [0.2, 0.25) is 5.02 Å². The third-order valence-corrected chi connectivity index (χ3v) is 3.77. The lowest BCUT2D eigenvalue weighted by molar-refractivity contribution is -0.136. The Morgan fingerprint density at radius 1 is 1.21 bits per heavy atom.